The van der Waals surface area contributed by atoms with Crippen LogP contribution in [0.4, 0.5) is 0 Å². The zero-order valence-corrected chi connectivity index (χ0v) is 14.8. The summed E-state index contributed by atoms with van der Waals surface area (Å²) < 4.78 is 5.14. The molecule has 1 atom stereocenters. The van der Waals surface area contributed by atoms with E-state index in [0.717, 1.165) is 22.4 Å². The Kier molecular flexibility index (Phi) is 6.57. The van der Waals surface area contributed by atoms with Crippen LogP contribution in [0.25, 0.3) is 0 Å². The summed E-state index contributed by atoms with van der Waals surface area (Å²) in [7, 11) is 1.60. The fourth-order valence-corrected chi connectivity index (χ4v) is 2.59. The standard InChI is InChI=1S/C20H24N2O3/c1-14-6-4-5-7-17(14)13-21-20(24)12-19(22-15(2)23)16-8-10-18(25-3)11-9-16/h4-11,19H,12-13H2,1-3H3,(H,21,24)(H,22,23). The molecule has 5 nitrogen and oxygen atoms in total. The molecule has 2 amide bonds. The van der Waals surface area contributed by atoms with E-state index in [1.165, 1.54) is 6.92 Å². The average molecular weight is 340 g/mol. The number of aryl methyl sites for hydroxylation is 1. The minimum Gasteiger partial charge on any atom is -0.497 e. The summed E-state index contributed by atoms with van der Waals surface area (Å²) in [6.07, 6.45) is 0.178. The lowest BCUT2D eigenvalue weighted by Gasteiger charge is -2.18. The molecule has 2 rings (SSSR count). The molecule has 0 spiro atoms. The van der Waals surface area contributed by atoms with Crippen molar-refractivity contribution in [2.45, 2.75) is 32.9 Å². The van der Waals surface area contributed by atoms with Crippen LogP contribution >= 0.6 is 0 Å². The van der Waals surface area contributed by atoms with Gasteiger partial charge in [0.25, 0.3) is 0 Å². The number of hydrogen-bond donors (Lipinski definition) is 2. The van der Waals surface area contributed by atoms with Crippen molar-refractivity contribution in [3.05, 3.63) is 65.2 Å². The first-order valence-electron chi connectivity index (χ1n) is 8.22. The van der Waals surface area contributed by atoms with Crippen molar-refractivity contribution < 1.29 is 14.3 Å². The lowest BCUT2D eigenvalue weighted by atomic mass is 10.0. The largest absolute Gasteiger partial charge is 0.497 e. The van der Waals surface area contributed by atoms with Gasteiger partial charge in [0.15, 0.2) is 0 Å². The molecule has 0 saturated carbocycles. The summed E-state index contributed by atoms with van der Waals surface area (Å²) in [6, 6.07) is 14.9. The third-order valence-corrected chi connectivity index (χ3v) is 4.02. The van der Waals surface area contributed by atoms with E-state index >= 15 is 0 Å². The Morgan fingerprint density at radius 1 is 1.08 bits per heavy atom. The number of carbonyl (C=O) groups is 2. The van der Waals surface area contributed by atoms with E-state index in [1.54, 1.807) is 7.11 Å². The van der Waals surface area contributed by atoms with Crippen LogP contribution in [0.2, 0.25) is 0 Å². The number of nitrogens with one attached hydrogen (secondary N) is 2. The minimum absolute atomic E-state index is 0.113. The van der Waals surface area contributed by atoms with Gasteiger partial charge < -0.3 is 15.4 Å². The van der Waals surface area contributed by atoms with Crippen molar-refractivity contribution in [3.8, 4) is 5.75 Å². The molecule has 2 aromatic carbocycles. The highest BCUT2D eigenvalue weighted by molar-refractivity contribution is 5.79. The fourth-order valence-electron chi connectivity index (χ4n) is 2.59. The van der Waals surface area contributed by atoms with Crippen LogP contribution in [0.5, 0.6) is 5.75 Å². The molecule has 5 heteroatoms. The van der Waals surface area contributed by atoms with Gasteiger partial charge in [0.2, 0.25) is 11.8 Å². The summed E-state index contributed by atoms with van der Waals surface area (Å²) >= 11 is 0. The highest BCUT2D eigenvalue weighted by atomic mass is 16.5. The van der Waals surface area contributed by atoms with Crippen LogP contribution in [0, 0.1) is 6.92 Å². The van der Waals surface area contributed by atoms with Crippen molar-refractivity contribution >= 4 is 11.8 Å². The van der Waals surface area contributed by atoms with Gasteiger partial charge in [-0.2, -0.15) is 0 Å². The third-order valence-electron chi connectivity index (χ3n) is 4.02. The molecule has 0 heterocycles. The number of benzene rings is 2. The lowest BCUT2D eigenvalue weighted by Crippen LogP contribution is -2.32. The average Bonchev–Trinajstić information content (AvgIpc) is 2.60. The van der Waals surface area contributed by atoms with Gasteiger partial charge in [-0.3, -0.25) is 9.59 Å². The molecule has 0 aliphatic rings. The maximum Gasteiger partial charge on any atom is 0.222 e. The second-order valence-electron chi connectivity index (χ2n) is 5.93. The van der Waals surface area contributed by atoms with Crippen LogP contribution in [-0.4, -0.2) is 18.9 Å². The highest BCUT2D eigenvalue weighted by Gasteiger charge is 2.17. The van der Waals surface area contributed by atoms with Crippen molar-refractivity contribution in [2.75, 3.05) is 7.11 Å². The smallest absolute Gasteiger partial charge is 0.222 e. The maximum atomic E-state index is 12.3. The van der Waals surface area contributed by atoms with Gasteiger partial charge in [0.05, 0.1) is 19.6 Å². The van der Waals surface area contributed by atoms with Crippen molar-refractivity contribution in [1.82, 2.24) is 10.6 Å². The Morgan fingerprint density at radius 2 is 1.76 bits per heavy atom. The first-order valence-corrected chi connectivity index (χ1v) is 8.22. The molecule has 132 valence electrons. The van der Waals surface area contributed by atoms with Gasteiger partial charge in [-0.15, -0.1) is 0 Å². The number of ether oxygens (including phenoxy) is 1. The molecule has 0 aromatic heterocycles. The Hall–Kier alpha value is -2.82. The van der Waals surface area contributed by atoms with Gasteiger partial charge in [-0.1, -0.05) is 36.4 Å². The summed E-state index contributed by atoms with van der Waals surface area (Å²) in [5.41, 5.74) is 3.08. The number of rotatable bonds is 7. The van der Waals surface area contributed by atoms with Crippen molar-refractivity contribution in [2.24, 2.45) is 0 Å². The van der Waals surface area contributed by atoms with Crippen molar-refractivity contribution in [3.63, 3.8) is 0 Å². The second kappa shape index (κ2) is 8.87. The van der Waals surface area contributed by atoms with Gasteiger partial charge >= 0.3 is 0 Å². The van der Waals surface area contributed by atoms with Crippen LogP contribution < -0.4 is 15.4 Å². The molecule has 1 unspecified atom stereocenters. The van der Waals surface area contributed by atoms with Crippen LogP contribution in [-0.2, 0) is 16.1 Å². The molecule has 0 saturated heterocycles. The Balaban J connectivity index is 2.01. The van der Waals surface area contributed by atoms with E-state index in [1.807, 2.05) is 55.5 Å². The summed E-state index contributed by atoms with van der Waals surface area (Å²) in [4.78, 5) is 23.8. The topological polar surface area (TPSA) is 67.4 Å². The number of hydrogen-bond acceptors (Lipinski definition) is 3. The summed E-state index contributed by atoms with van der Waals surface area (Å²) in [5.74, 6) is 0.444. The van der Waals surface area contributed by atoms with Gasteiger partial charge in [-0.05, 0) is 35.7 Å². The predicted octanol–water partition coefficient (Wildman–Crippen LogP) is 2.89. The van der Waals surface area contributed by atoms with Gasteiger partial charge in [0, 0.05) is 13.5 Å². The van der Waals surface area contributed by atoms with E-state index < -0.39 is 0 Å². The number of carbonyl (C=O) groups excluding carboxylic acids is 2. The monoisotopic (exact) mass is 340 g/mol. The molecule has 0 aliphatic carbocycles. The Morgan fingerprint density at radius 3 is 2.36 bits per heavy atom. The molecule has 2 aromatic rings. The van der Waals surface area contributed by atoms with Crippen LogP contribution in [0.3, 0.4) is 0 Å². The Bertz CT molecular complexity index is 726. The summed E-state index contributed by atoms with van der Waals surface area (Å²) in [6.45, 7) is 3.93. The van der Waals surface area contributed by atoms with E-state index in [0.29, 0.717) is 6.54 Å². The number of amides is 2. The van der Waals surface area contributed by atoms with E-state index in [9.17, 15) is 9.59 Å². The molecule has 0 radical (unpaired) electrons. The highest BCUT2D eigenvalue weighted by Crippen LogP contribution is 2.20. The predicted molar refractivity (Wildman–Crippen MR) is 97.2 cm³/mol. The zero-order chi connectivity index (χ0) is 18.2. The Labute approximate surface area is 148 Å². The minimum atomic E-state index is -0.375. The SMILES string of the molecule is COc1ccc(C(CC(=O)NCc2ccccc2C)NC(C)=O)cc1. The van der Waals surface area contributed by atoms with E-state index in [-0.39, 0.29) is 24.3 Å². The maximum absolute atomic E-state index is 12.3. The molecule has 25 heavy (non-hydrogen) atoms. The van der Waals surface area contributed by atoms with E-state index in [4.69, 9.17) is 4.74 Å². The molecule has 0 bridgehead atoms. The molecule has 2 N–H and O–H groups in total. The molecular formula is C20H24N2O3. The molecule has 0 fully saturated rings. The second-order valence-corrected chi connectivity index (χ2v) is 5.93. The molecule has 0 aliphatic heterocycles. The van der Waals surface area contributed by atoms with E-state index in [2.05, 4.69) is 10.6 Å². The first kappa shape index (κ1) is 18.5. The number of methoxy groups -OCH3 is 1. The van der Waals surface area contributed by atoms with Crippen molar-refractivity contribution in [1.29, 1.82) is 0 Å². The normalized spacial score (nSPS) is 11.5. The first-order chi connectivity index (χ1) is 12.0. The summed E-state index contributed by atoms with van der Waals surface area (Å²) in [5, 5.41) is 5.75. The zero-order valence-electron chi connectivity index (χ0n) is 14.8. The fraction of sp³-hybridized carbons (Fsp3) is 0.300. The molecular weight excluding hydrogens is 316 g/mol. The quantitative estimate of drug-likeness (QED) is 0.814. The van der Waals surface area contributed by atoms with Crippen LogP contribution in [0.1, 0.15) is 36.1 Å². The lowest BCUT2D eigenvalue weighted by molar-refractivity contribution is -0.122. The third kappa shape index (κ3) is 5.64. The van der Waals surface area contributed by atoms with Gasteiger partial charge in [0.1, 0.15) is 5.75 Å². The van der Waals surface area contributed by atoms with Gasteiger partial charge in [-0.25, -0.2) is 0 Å². The van der Waals surface area contributed by atoms with Crippen LogP contribution in [0.15, 0.2) is 48.5 Å².